The average Bonchev–Trinajstić information content (AvgIpc) is 2.61. The van der Waals surface area contributed by atoms with Crippen LogP contribution in [0, 0.1) is 10.1 Å². The van der Waals surface area contributed by atoms with Gasteiger partial charge in [0, 0.05) is 6.54 Å². The Morgan fingerprint density at radius 2 is 1.96 bits per heavy atom. The molecule has 25 heavy (non-hydrogen) atoms. The van der Waals surface area contributed by atoms with E-state index in [1.54, 1.807) is 0 Å². The van der Waals surface area contributed by atoms with Gasteiger partial charge >= 0.3 is 0 Å². The molecular formula is C17H17N3O5. The van der Waals surface area contributed by atoms with Gasteiger partial charge in [-0.25, -0.2) is 0 Å². The second kappa shape index (κ2) is 7.18. The Morgan fingerprint density at radius 1 is 1.24 bits per heavy atom. The Kier molecular flexibility index (Phi) is 4.80. The standard InChI is InChI=1S/C17H17N3O5/c21-9-12-3-1-11(2-4-12)5-6-18-13-7-14-16(8-15(13)20(23)24)25-10-17(22)19-14/h1-4,7-8,18,21H,5-6,9-10H2,(H,19,22). The molecule has 0 bridgehead atoms. The number of aliphatic hydroxyl groups excluding tert-OH is 1. The quantitative estimate of drug-likeness (QED) is 0.546. The highest BCUT2D eigenvalue weighted by atomic mass is 16.6. The molecule has 3 N–H and O–H groups in total. The van der Waals surface area contributed by atoms with Crippen molar-refractivity contribution in [1.29, 1.82) is 0 Å². The minimum Gasteiger partial charge on any atom is -0.481 e. The number of aliphatic hydroxyl groups is 1. The third-order valence-electron chi connectivity index (χ3n) is 3.86. The van der Waals surface area contributed by atoms with E-state index >= 15 is 0 Å². The summed E-state index contributed by atoms with van der Waals surface area (Å²) in [6.07, 6.45) is 0.656. The predicted octanol–water partition coefficient (Wildman–Crippen LogP) is 2.07. The van der Waals surface area contributed by atoms with Gasteiger partial charge in [0.25, 0.3) is 11.6 Å². The number of nitro groups is 1. The molecular weight excluding hydrogens is 326 g/mol. The minimum atomic E-state index is -0.488. The number of amides is 1. The molecule has 0 fully saturated rings. The first-order chi connectivity index (χ1) is 12.1. The lowest BCUT2D eigenvalue weighted by Gasteiger charge is -2.19. The van der Waals surface area contributed by atoms with Crippen molar-refractivity contribution >= 4 is 23.0 Å². The molecule has 1 heterocycles. The van der Waals surface area contributed by atoms with Gasteiger partial charge in [0.15, 0.2) is 12.4 Å². The number of nitrogens with zero attached hydrogens (tertiary/aromatic N) is 1. The first-order valence-corrected chi connectivity index (χ1v) is 7.74. The number of ether oxygens (including phenoxy) is 1. The summed E-state index contributed by atoms with van der Waals surface area (Å²) in [6.45, 7) is 0.321. The van der Waals surface area contributed by atoms with Crippen molar-refractivity contribution in [1.82, 2.24) is 0 Å². The summed E-state index contributed by atoms with van der Waals surface area (Å²) >= 11 is 0. The second-order valence-corrected chi connectivity index (χ2v) is 5.61. The van der Waals surface area contributed by atoms with Gasteiger partial charge in [-0.1, -0.05) is 24.3 Å². The van der Waals surface area contributed by atoms with Gasteiger partial charge in [0.1, 0.15) is 5.69 Å². The second-order valence-electron chi connectivity index (χ2n) is 5.61. The molecule has 0 saturated carbocycles. The van der Waals surface area contributed by atoms with Gasteiger partial charge in [0.05, 0.1) is 23.3 Å². The number of hydrogen-bond acceptors (Lipinski definition) is 6. The van der Waals surface area contributed by atoms with Gasteiger partial charge in [-0.05, 0) is 23.6 Å². The van der Waals surface area contributed by atoms with Crippen LogP contribution < -0.4 is 15.4 Å². The van der Waals surface area contributed by atoms with Gasteiger partial charge < -0.3 is 20.5 Å². The summed E-state index contributed by atoms with van der Waals surface area (Å²) in [7, 11) is 0. The van der Waals surface area contributed by atoms with Crippen LogP contribution >= 0.6 is 0 Å². The normalized spacial score (nSPS) is 12.8. The number of nitro benzene ring substituents is 1. The fraction of sp³-hybridized carbons (Fsp3) is 0.235. The number of carbonyl (C=O) groups excluding carboxylic acids is 1. The van der Waals surface area contributed by atoms with Crippen molar-refractivity contribution in [2.75, 3.05) is 23.8 Å². The summed E-state index contributed by atoms with van der Waals surface area (Å²) in [6, 6.07) is 10.3. The van der Waals surface area contributed by atoms with Gasteiger partial charge in [-0.15, -0.1) is 0 Å². The van der Waals surface area contributed by atoms with E-state index in [1.165, 1.54) is 12.1 Å². The molecule has 0 unspecified atom stereocenters. The van der Waals surface area contributed by atoms with Crippen LogP contribution in [0.5, 0.6) is 5.75 Å². The molecule has 1 aliphatic heterocycles. The molecule has 8 nitrogen and oxygen atoms in total. The SMILES string of the molecule is O=C1COc2cc([N+](=O)[O-])c(NCCc3ccc(CO)cc3)cc2N1. The van der Waals surface area contributed by atoms with E-state index in [4.69, 9.17) is 9.84 Å². The number of carbonyl (C=O) groups is 1. The molecule has 130 valence electrons. The summed E-state index contributed by atoms with van der Waals surface area (Å²) in [4.78, 5) is 22.2. The number of anilines is 2. The monoisotopic (exact) mass is 343 g/mol. The van der Waals surface area contributed by atoms with E-state index in [9.17, 15) is 14.9 Å². The Hall–Kier alpha value is -3.13. The molecule has 3 rings (SSSR count). The van der Waals surface area contributed by atoms with Crippen molar-refractivity contribution in [2.24, 2.45) is 0 Å². The van der Waals surface area contributed by atoms with Crippen LogP contribution in [-0.2, 0) is 17.8 Å². The largest absolute Gasteiger partial charge is 0.481 e. The zero-order valence-corrected chi connectivity index (χ0v) is 13.3. The maximum absolute atomic E-state index is 11.4. The van der Waals surface area contributed by atoms with E-state index in [0.717, 1.165) is 11.1 Å². The Bertz CT molecular complexity index is 805. The molecule has 2 aromatic carbocycles. The molecule has 0 spiro atoms. The van der Waals surface area contributed by atoms with Crippen LogP contribution in [-0.4, -0.2) is 29.1 Å². The van der Waals surface area contributed by atoms with Gasteiger partial charge in [-0.2, -0.15) is 0 Å². The predicted molar refractivity (Wildman–Crippen MR) is 91.8 cm³/mol. The van der Waals surface area contributed by atoms with Gasteiger partial charge in [-0.3, -0.25) is 14.9 Å². The van der Waals surface area contributed by atoms with E-state index in [0.29, 0.717) is 24.3 Å². The maximum atomic E-state index is 11.4. The molecule has 8 heteroatoms. The van der Waals surface area contributed by atoms with Crippen molar-refractivity contribution in [3.05, 3.63) is 57.6 Å². The zero-order valence-electron chi connectivity index (χ0n) is 13.3. The summed E-state index contributed by atoms with van der Waals surface area (Å²) in [5.74, 6) is -0.00674. The third-order valence-corrected chi connectivity index (χ3v) is 3.86. The number of nitrogens with one attached hydrogen (secondary N) is 2. The molecule has 1 amide bonds. The molecule has 0 atom stereocenters. The van der Waals surface area contributed by atoms with E-state index in [2.05, 4.69) is 10.6 Å². The highest BCUT2D eigenvalue weighted by Crippen LogP contribution is 2.37. The van der Waals surface area contributed by atoms with Crippen LogP contribution in [0.4, 0.5) is 17.1 Å². The van der Waals surface area contributed by atoms with Crippen molar-refractivity contribution < 1.29 is 19.6 Å². The maximum Gasteiger partial charge on any atom is 0.296 e. The summed E-state index contributed by atoms with van der Waals surface area (Å²) < 4.78 is 5.21. The number of fused-ring (bicyclic) bond motifs is 1. The van der Waals surface area contributed by atoms with Crippen molar-refractivity contribution in [2.45, 2.75) is 13.0 Å². The molecule has 0 saturated heterocycles. The summed E-state index contributed by atoms with van der Waals surface area (Å²) in [5, 5.41) is 26.0. The van der Waals surface area contributed by atoms with Gasteiger partial charge in [0.2, 0.25) is 0 Å². The van der Waals surface area contributed by atoms with Crippen LogP contribution in [0.15, 0.2) is 36.4 Å². The lowest BCUT2D eigenvalue weighted by molar-refractivity contribution is -0.384. The lowest BCUT2D eigenvalue weighted by atomic mass is 10.1. The lowest BCUT2D eigenvalue weighted by Crippen LogP contribution is -2.25. The molecule has 0 aliphatic carbocycles. The van der Waals surface area contributed by atoms with Crippen molar-refractivity contribution in [3.8, 4) is 5.75 Å². The van der Waals surface area contributed by atoms with E-state index in [-0.39, 0.29) is 30.6 Å². The first-order valence-electron chi connectivity index (χ1n) is 7.74. The average molecular weight is 343 g/mol. The fourth-order valence-corrected chi connectivity index (χ4v) is 2.56. The molecule has 0 aromatic heterocycles. The van der Waals surface area contributed by atoms with Crippen LogP contribution in [0.3, 0.4) is 0 Å². The number of benzene rings is 2. The molecule has 0 radical (unpaired) electrons. The van der Waals surface area contributed by atoms with Crippen LogP contribution in [0.25, 0.3) is 0 Å². The van der Waals surface area contributed by atoms with Crippen LogP contribution in [0.2, 0.25) is 0 Å². The van der Waals surface area contributed by atoms with Crippen molar-refractivity contribution in [3.63, 3.8) is 0 Å². The van der Waals surface area contributed by atoms with E-state index < -0.39 is 4.92 Å². The molecule has 1 aliphatic rings. The smallest absolute Gasteiger partial charge is 0.296 e. The summed E-state index contributed by atoms with van der Waals surface area (Å²) in [5.41, 5.74) is 2.50. The van der Waals surface area contributed by atoms with E-state index in [1.807, 2.05) is 24.3 Å². The Labute approximate surface area is 143 Å². The minimum absolute atomic E-state index is 0.00631. The number of hydrogen-bond donors (Lipinski definition) is 3. The third kappa shape index (κ3) is 3.86. The zero-order chi connectivity index (χ0) is 17.8. The van der Waals surface area contributed by atoms with Crippen LogP contribution in [0.1, 0.15) is 11.1 Å². The number of rotatable bonds is 6. The Balaban J connectivity index is 1.73. The first kappa shape index (κ1) is 16.7. The fourth-order valence-electron chi connectivity index (χ4n) is 2.56. The Morgan fingerprint density at radius 3 is 2.64 bits per heavy atom. The highest BCUT2D eigenvalue weighted by Gasteiger charge is 2.23. The molecule has 2 aromatic rings. The highest BCUT2D eigenvalue weighted by molar-refractivity contribution is 5.96. The topological polar surface area (TPSA) is 114 Å².